The summed E-state index contributed by atoms with van der Waals surface area (Å²) in [5, 5.41) is 4.09. The summed E-state index contributed by atoms with van der Waals surface area (Å²) in [5.74, 6) is 0. The lowest BCUT2D eigenvalue weighted by Crippen LogP contribution is -2.31. The van der Waals surface area contributed by atoms with Gasteiger partial charge in [-0.25, -0.2) is 0 Å². The molecule has 3 heteroatoms. The first-order chi connectivity index (χ1) is 9.99. The van der Waals surface area contributed by atoms with E-state index in [1.54, 1.807) is 0 Å². The van der Waals surface area contributed by atoms with Crippen LogP contribution < -0.4 is 5.32 Å². The van der Waals surface area contributed by atoms with Gasteiger partial charge in [0, 0.05) is 19.3 Å². The predicted octanol–water partition coefficient (Wildman–Crippen LogP) is 4.44. The monoisotopic (exact) mass is 298 g/mol. The summed E-state index contributed by atoms with van der Waals surface area (Å²) in [4.78, 5) is 2.07. The van der Waals surface area contributed by atoms with E-state index in [9.17, 15) is 0 Å². The topological polar surface area (TPSA) is 15.3 Å². The number of aryl methyl sites for hydroxylation is 2. The molecule has 0 aliphatic heterocycles. The maximum atomic E-state index is 5.52. The summed E-state index contributed by atoms with van der Waals surface area (Å²) in [6, 6.07) is 14.6. The Balaban J connectivity index is 2.06. The Labute approximate surface area is 132 Å². The second-order valence-corrected chi connectivity index (χ2v) is 5.85. The molecule has 2 rings (SSSR count). The number of hydrogen-bond acceptors (Lipinski definition) is 1. The van der Waals surface area contributed by atoms with Crippen molar-refractivity contribution in [3.8, 4) is 0 Å². The fourth-order valence-electron chi connectivity index (χ4n) is 2.21. The van der Waals surface area contributed by atoms with Crippen molar-refractivity contribution in [2.24, 2.45) is 0 Å². The van der Waals surface area contributed by atoms with Crippen LogP contribution in [-0.2, 0) is 6.54 Å². The third-order valence-corrected chi connectivity index (χ3v) is 4.28. The highest BCUT2D eigenvalue weighted by atomic mass is 32.1. The van der Waals surface area contributed by atoms with Gasteiger partial charge < -0.3 is 10.2 Å². The molecule has 2 aromatic rings. The normalized spacial score (nSPS) is 10.3. The van der Waals surface area contributed by atoms with Crippen molar-refractivity contribution in [1.82, 2.24) is 4.90 Å². The molecule has 2 nitrogen and oxygen atoms in total. The molecule has 0 saturated carbocycles. The van der Waals surface area contributed by atoms with Crippen molar-refractivity contribution in [1.29, 1.82) is 0 Å². The minimum Gasteiger partial charge on any atom is -0.348 e. The Morgan fingerprint density at radius 2 is 1.67 bits per heavy atom. The zero-order chi connectivity index (χ0) is 15.4. The molecule has 0 heterocycles. The van der Waals surface area contributed by atoms with E-state index in [4.69, 9.17) is 12.2 Å². The minimum absolute atomic E-state index is 0.743. The van der Waals surface area contributed by atoms with Gasteiger partial charge >= 0.3 is 0 Å². The van der Waals surface area contributed by atoms with E-state index in [-0.39, 0.29) is 0 Å². The number of benzene rings is 2. The summed E-state index contributed by atoms with van der Waals surface area (Å²) < 4.78 is 0. The van der Waals surface area contributed by atoms with Gasteiger partial charge in [0.05, 0.1) is 0 Å². The number of rotatable bonds is 3. The minimum atomic E-state index is 0.743. The summed E-state index contributed by atoms with van der Waals surface area (Å²) in [5.41, 5.74) is 6.18. The molecule has 0 saturated heterocycles. The average Bonchev–Trinajstić information content (AvgIpc) is 2.46. The second-order valence-electron chi connectivity index (χ2n) is 5.46. The van der Waals surface area contributed by atoms with Crippen LogP contribution in [0.3, 0.4) is 0 Å². The van der Waals surface area contributed by atoms with Crippen LogP contribution >= 0.6 is 12.2 Å². The van der Waals surface area contributed by atoms with Gasteiger partial charge in [-0.1, -0.05) is 36.4 Å². The van der Waals surface area contributed by atoms with Gasteiger partial charge in [-0.05, 0) is 61.3 Å². The molecule has 1 N–H and O–H groups in total. The van der Waals surface area contributed by atoms with E-state index in [0.29, 0.717) is 0 Å². The van der Waals surface area contributed by atoms with Crippen molar-refractivity contribution in [2.45, 2.75) is 27.3 Å². The Bertz CT molecular complexity index is 649. The molecule has 0 aromatic heterocycles. The average molecular weight is 298 g/mol. The maximum Gasteiger partial charge on any atom is 0.173 e. The van der Waals surface area contributed by atoms with Crippen LogP contribution in [0.2, 0.25) is 0 Å². The van der Waals surface area contributed by atoms with Gasteiger partial charge in [-0.2, -0.15) is 0 Å². The molecular formula is C18H22N2S. The van der Waals surface area contributed by atoms with Crippen LogP contribution in [-0.4, -0.2) is 17.1 Å². The quantitative estimate of drug-likeness (QED) is 0.843. The second kappa shape index (κ2) is 6.72. The van der Waals surface area contributed by atoms with Crippen LogP contribution in [0.5, 0.6) is 0 Å². The molecule has 0 bridgehead atoms. The van der Waals surface area contributed by atoms with Crippen molar-refractivity contribution in [3.63, 3.8) is 0 Å². The standard InChI is InChI=1S/C18H22N2S/c1-13-9-7-11-17(15(13)3)19-18(21)20(4)12-16-10-6-5-8-14(16)2/h5-11H,12H2,1-4H3,(H,19,21). The summed E-state index contributed by atoms with van der Waals surface area (Å²) >= 11 is 5.52. The van der Waals surface area contributed by atoms with Gasteiger partial charge in [0.2, 0.25) is 0 Å². The van der Waals surface area contributed by atoms with Gasteiger partial charge in [0.1, 0.15) is 0 Å². The molecule has 110 valence electrons. The Hall–Kier alpha value is -1.87. The molecule has 0 radical (unpaired) electrons. The van der Waals surface area contributed by atoms with Crippen molar-refractivity contribution in [3.05, 3.63) is 64.7 Å². The number of thiocarbonyl (C=S) groups is 1. The van der Waals surface area contributed by atoms with E-state index in [2.05, 4.69) is 73.5 Å². The van der Waals surface area contributed by atoms with Gasteiger partial charge in [-0.3, -0.25) is 0 Å². The van der Waals surface area contributed by atoms with Crippen LogP contribution in [0.25, 0.3) is 0 Å². The molecule has 0 unspecified atom stereocenters. The first-order valence-corrected chi connectivity index (χ1v) is 7.52. The Morgan fingerprint density at radius 1 is 1.00 bits per heavy atom. The maximum absolute atomic E-state index is 5.52. The SMILES string of the molecule is Cc1ccccc1CN(C)C(=S)Nc1cccc(C)c1C. The van der Waals surface area contributed by atoms with E-state index in [0.717, 1.165) is 17.3 Å². The third kappa shape index (κ3) is 3.82. The lowest BCUT2D eigenvalue weighted by Gasteiger charge is -2.23. The highest BCUT2D eigenvalue weighted by molar-refractivity contribution is 7.80. The molecule has 2 aromatic carbocycles. The molecule has 0 aliphatic rings. The van der Waals surface area contributed by atoms with E-state index < -0.39 is 0 Å². The molecule has 0 amide bonds. The highest BCUT2D eigenvalue weighted by Crippen LogP contribution is 2.19. The lowest BCUT2D eigenvalue weighted by atomic mass is 10.1. The Morgan fingerprint density at radius 3 is 2.38 bits per heavy atom. The fourth-order valence-corrected chi connectivity index (χ4v) is 2.39. The molecule has 0 aliphatic carbocycles. The molecule has 21 heavy (non-hydrogen) atoms. The smallest absolute Gasteiger partial charge is 0.173 e. The van der Waals surface area contributed by atoms with Gasteiger partial charge in [0.15, 0.2) is 5.11 Å². The summed E-state index contributed by atoms with van der Waals surface area (Å²) in [6.45, 7) is 7.16. The lowest BCUT2D eigenvalue weighted by molar-refractivity contribution is 0.507. The fraction of sp³-hybridized carbons (Fsp3) is 0.278. The summed E-state index contributed by atoms with van der Waals surface area (Å²) in [6.07, 6.45) is 0. The van der Waals surface area contributed by atoms with Crippen LogP contribution in [0.4, 0.5) is 5.69 Å². The zero-order valence-corrected chi connectivity index (χ0v) is 13.9. The zero-order valence-electron chi connectivity index (χ0n) is 13.1. The van der Waals surface area contributed by atoms with Crippen molar-refractivity contribution in [2.75, 3.05) is 12.4 Å². The molecular weight excluding hydrogens is 276 g/mol. The number of nitrogens with zero attached hydrogens (tertiary/aromatic N) is 1. The van der Waals surface area contributed by atoms with Crippen molar-refractivity contribution < 1.29 is 0 Å². The van der Waals surface area contributed by atoms with E-state index in [1.165, 1.54) is 22.3 Å². The first kappa shape index (κ1) is 15.5. The third-order valence-electron chi connectivity index (χ3n) is 3.86. The highest BCUT2D eigenvalue weighted by Gasteiger charge is 2.08. The van der Waals surface area contributed by atoms with Gasteiger partial charge in [-0.15, -0.1) is 0 Å². The van der Waals surface area contributed by atoms with Crippen LogP contribution in [0, 0.1) is 20.8 Å². The van der Waals surface area contributed by atoms with Crippen LogP contribution in [0.15, 0.2) is 42.5 Å². The van der Waals surface area contributed by atoms with Crippen molar-refractivity contribution >= 4 is 23.0 Å². The first-order valence-electron chi connectivity index (χ1n) is 7.12. The summed E-state index contributed by atoms with van der Waals surface area (Å²) in [7, 11) is 2.02. The molecule has 0 fully saturated rings. The van der Waals surface area contributed by atoms with Crippen LogP contribution in [0.1, 0.15) is 22.3 Å². The number of anilines is 1. The molecule has 0 atom stereocenters. The molecule has 0 spiro atoms. The largest absolute Gasteiger partial charge is 0.348 e. The Kier molecular flexibility index (Phi) is 4.97. The number of hydrogen-bond donors (Lipinski definition) is 1. The van der Waals surface area contributed by atoms with E-state index in [1.807, 2.05) is 7.05 Å². The van der Waals surface area contributed by atoms with E-state index >= 15 is 0 Å². The van der Waals surface area contributed by atoms with Gasteiger partial charge in [0.25, 0.3) is 0 Å². The predicted molar refractivity (Wildman–Crippen MR) is 94.8 cm³/mol. The number of nitrogens with one attached hydrogen (secondary N) is 1.